The molecule has 0 aliphatic heterocycles. The van der Waals surface area contributed by atoms with Crippen molar-refractivity contribution in [2.75, 3.05) is 18.6 Å². The van der Waals surface area contributed by atoms with E-state index in [0.29, 0.717) is 18.8 Å². The van der Waals surface area contributed by atoms with Gasteiger partial charge in [0.05, 0.1) is 5.60 Å². The third-order valence-electron chi connectivity index (χ3n) is 3.21. The van der Waals surface area contributed by atoms with Crippen LogP contribution in [-0.4, -0.2) is 43.6 Å². The number of amides is 1. The average molecular weight is 263 g/mol. The highest BCUT2D eigenvalue weighted by Gasteiger charge is 2.32. The van der Waals surface area contributed by atoms with Crippen LogP contribution in [0.3, 0.4) is 0 Å². The molecule has 0 unspecified atom stereocenters. The molecule has 1 saturated carbocycles. The maximum atomic E-state index is 11.3. The first-order valence-electron chi connectivity index (χ1n) is 5.87. The minimum absolute atomic E-state index is 0.147. The molecular weight excluding hydrogens is 242 g/mol. The first kappa shape index (κ1) is 14.4. The standard InChI is InChI=1S/C11H21NO4S/c1-9-3-5-11(14,6-4-9)8-12-10(13)7-17(2,15)16/h9,14H,3-8H2,1-2H3,(H,12,13). The van der Waals surface area contributed by atoms with Crippen molar-refractivity contribution in [2.45, 2.75) is 38.2 Å². The molecule has 6 heteroatoms. The van der Waals surface area contributed by atoms with Gasteiger partial charge in [-0.3, -0.25) is 4.79 Å². The van der Waals surface area contributed by atoms with E-state index in [0.717, 1.165) is 19.1 Å². The van der Waals surface area contributed by atoms with E-state index in [2.05, 4.69) is 12.2 Å². The largest absolute Gasteiger partial charge is 0.388 e. The highest BCUT2D eigenvalue weighted by molar-refractivity contribution is 7.91. The summed E-state index contributed by atoms with van der Waals surface area (Å²) in [5.41, 5.74) is -0.861. The first-order valence-corrected chi connectivity index (χ1v) is 7.93. The topological polar surface area (TPSA) is 83.5 Å². The summed E-state index contributed by atoms with van der Waals surface area (Å²) in [7, 11) is -3.30. The van der Waals surface area contributed by atoms with Gasteiger partial charge in [0.2, 0.25) is 5.91 Å². The van der Waals surface area contributed by atoms with E-state index in [1.807, 2.05) is 0 Å². The lowest BCUT2D eigenvalue weighted by Crippen LogP contribution is -2.46. The predicted molar refractivity (Wildman–Crippen MR) is 65.3 cm³/mol. The van der Waals surface area contributed by atoms with Gasteiger partial charge in [-0.25, -0.2) is 8.42 Å². The molecule has 1 aliphatic carbocycles. The van der Waals surface area contributed by atoms with Crippen LogP contribution in [-0.2, 0) is 14.6 Å². The van der Waals surface area contributed by atoms with Crippen molar-refractivity contribution >= 4 is 15.7 Å². The molecule has 1 fully saturated rings. The Morgan fingerprint density at radius 3 is 2.41 bits per heavy atom. The molecule has 1 amide bonds. The summed E-state index contributed by atoms with van der Waals surface area (Å²) < 4.78 is 21.8. The lowest BCUT2D eigenvalue weighted by atomic mass is 9.79. The van der Waals surface area contributed by atoms with Crippen LogP contribution in [0.2, 0.25) is 0 Å². The van der Waals surface area contributed by atoms with Crippen LogP contribution >= 0.6 is 0 Å². The number of aliphatic hydroxyl groups is 1. The smallest absolute Gasteiger partial charge is 0.235 e. The predicted octanol–water partition coefficient (Wildman–Crippen LogP) is 0.0884. The SMILES string of the molecule is CC1CCC(O)(CNC(=O)CS(C)(=O)=O)CC1. The Balaban J connectivity index is 2.37. The molecule has 0 spiro atoms. The molecule has 0 radical (unpaired) electrons. The fourth-order valence-electron chi connectivity index (χ4n) is 2.03. The lowest BCUT2D eigenvalue weighted by Gasteiger charge is -2.34. The van der Waals surface area contributed by atoms with Gasteiger partial charge in [0.25, 0.3) is 0 Å². The van der Waals surface area contributed by atoms with Gasteiger partial charge in [-0.05, 0) is 31.6 Å². The molecule has 0 aromatic heterocycles. The monoisotopic (exact) mass is 263 g/mol. The van der Waals surface area contributed by atoms with Gasteiger partial charge in [-0.15, -0.1) is 0 Å². The fraction of sp³-hybridized carbons (Fsp3) is 0.909. The van der Waals surface area contributed by atoms with Gasteiger partial charge in [-0.1, -0.05) is 6.92 Å². The molecule has 0 bridgehead atoms. The number of hydrogen-bond acceptors (Lipinski definition) is 4. The molecule has 5 nitrogen and oxygen atoms in total. The number of hydrogen-bond donors (Lipinski definition) is 2. The molecule has 100 valence electrons. The zero-order chi connectivity index (χ0) is 13.1. The van der Waals surface area contributed by atoms with E-state index in [-0.39, 0.29) is 6.54 Å². The Kier molecular flexibility index (Phi) is 4.55. The number of carbonyl (C=O) groups excluding carboxylic acids is 1. The van der Waals surface area contributed by atoms with Gasteiger partial charge in [-0.2, -0.15) is 0 Å². The van der Waals surface area contributed by atoms with E-state index >= 15 is 0 Å². The Morgan fingerprint density at radius 1 is 1.41 bits per heavy atom. The minimum atomic E-state index is -3.30. The van der Waals surface area contributed by atoms with Crippen LogP contribution in [0.25, 0.3) is 0 Å². The van der Waals surface area contributed by atoms with Crippen LogP contribution in [0, 0.1) is 5.92 Å². The second-order valence-electron chi connectivity index (χ2n) is 5.25. The fourth-order valence-corrected chi connectivity index (χ4v) is 2.61. The molecular formula is C11H21NO4S. The summed E-state index contributed by atoms with van der Waals surface area (Å²) in [4.78, 5) is 11.3. The molecule has 0 aromatic rings. The zero-order valence-electron chi connectivity index (χ0n) is 10.4. The normalized spacial score (nSPS) is 29.9. The summed E-state index contributed by atoms with van der Waals surface area (Å²) >= 11 is 0. The molecule has 17 heavy (non-hydrogen) atoms. The van der Waals surface area contributed by atoms with Crippen LogP contribution in [0.15, 0.2) is 0 Å². The second kappa shape index (κ2) is 5.35. The third kappa shape index (κ3) is 5.50. The van der Waals surface area contributed by atoms with Crippen molar-refractivity contribution in [3.63, 3.8) is 0 Å². The van der Waals surface area contributed by atoms with Gasteiger partial charge in [0.1, 0.15) is 5.75 Å². The quantitative estimate of drug-likeness (QED) is 0.753. The summed E-state index contributed by atoms with van der Waals surface area (Å²) in [6, 6.07) is 0. The Labute approximate surface area is 103 Å². The summed E-state index contributed by atoms with van der Waals surface area (Å²) in [6.07, 6.45) is 4.22. The molecule has 1 rings (SSSR count). The van der Waals surface area contributed by atoms with Crippen LogP contribution in [0.5, 0.6) is 0 Å². The highest BCUT2D eigenvalue weighted by atomic mass is 32.2. The maximum Gasteiger partial charge on any atom is 0.235 e. The average Bonchev–Trinajstić information content (AvgIpc) is 2.18. The lowest BCUT2D eigenvalue weighted by molar-refractivity contribution is -0.120. The van der Waals surface area contributed by atoms with E-state index in [9.17, 15) is 18.3 Å². The van der Waals surface area contributed by atoms with Gasteiger partial charge >= 0.3 is 0 Å². The van der Waals surface area contributed by atoms with Crippen molar-refractivity contribution < 1.29 is 18.3 Å². The number of sulfone groups is 1. The number of nitrogens with one attached hydrogen (secondary N) is 1. The van der Waals surface area contributed by atoms with Crippen molar-refractivity contribution in [1.29, 1.82) is 0 Å². The van der Waals surface area contributed by atoms with Gasteiger partial charge in [0.15, 0.2) is 9.84 Å². The Bertz CT molecular complexity index is 369. The molecule has 2 N–H and O–H groups in total. The molecule has 0 saturated heterocycles. The molecule has 0 aromatic carbocycles. The number of carbonyl (C=O) groups is 1. The van der Waals surface area contributed by atoms with Crippen molar-refractivity contribution in [3.05, 3.63) is 0 Å². The van der Waals surface area contributed by atoms with E-state index in [1.54, 1.807) is 0 Å². The Morgan fingerprint density at radius 2 is 1.94 bits per heavy atom. The summed E-state index contributed by atoms with van der Waals surface area (Å²) in [5, 5.41) is 12.7. The van der Waals surface area contributed by atoms with Gasteiger partial charge < -0.3 is 10.4 Å². The van der Waals surface area contributed by atoms with Crippen molar-refractivity contribution in [1.82, 2.24) is 5.32 Å². The summed E-state index contributed by atoms with van der Waals surface area (Å²) in [5.74, 6) is -0.444. The Hall–Kier alpha value is -0.620. The number of rotatable bonds is 4. The molecule has 0 atom stereocenters. The van der Waals surface area contributed by atoms with Crippen molar-refractivity contribution in [2.24, 2.45) is 5.92 Å². The van der Waals surface area contributed by atoms with Crippen molar-refractivity contribution in [3.8, 4) is 0 Å². The third-order valence-corrected chi connectivity index (χ3v) is 4.00. The van der Waals surface area contributed by atoms with Crippen LogP contribution in [0.1, 0.15) is 32.6 Å². The van der Waals surface area contributed by atoms with Crippen LogP contribution < -0.4 is 5.32 Å². The van der Waals surface area contributed by atoms with Gasteiger partial charge in [0, 0.05) is 12.8 Å². The van der Waals surface area contributed by atoms with E-state index in [1.165, 1.54) is 0 Å². The summed E-state index contributed by atoms with van der Waals surface area (Å²) in [6.45, 7) is 2.29. The highest BCUT2D eigenvalue weighted by Crippen LogP contribution is 2.31. The van der Waals surface area contributed by atoms with E-state index < -0.39 is 27.1 Å². The minimum Gasteiger partial charge on any atom is -0.388 e. The molecule has 0 heterocycles. The molecule has 1 aliphatic rings. The zero-order valence-corrected chi connectivity index (χ0v) is 11.2. The first-order chi connectivity index (χ1) is 7.70. The van der Waals surface area contributed by atoms with E-state index in [4.69, 9.17) is 0 Å². The van der Waals surface area contributed by atoms with Crippen LogP contribution in [0.4, 0.5) is 0 Å². The maximum absolute atomic E-state index is 11.3. The second-order valence-corrected chi connectivity index (χ2v) is 7.39.